The smallest absolute Gasteiger partial charge is 0.253 e. The molecule has 9 heteroatoms. The Balaban J connectivity index is 1.08. The first-order valence-electron chi connectivity index (χ1n) is 18.3. The number of hydrogen-bond donors (Lipinski definition) is 2. The summed E-state index contributed by atoms with van der Waals surface area (Å²) >= 11 is 1.78. The Labute approximate surface area is 304 Å². The number of hydrogen-bond acceptors (Lipinski definition) is 6. The molecule has 1 amide bonds. The Morgan fingerprint density at radius 3 is 2.43 bits per heavy atom. The number of amides is 1. The highest BCUT2D eigenvalue weighted by atomic mass is 32.1. The van der Waals surface area contributed by atoms with Crippen LogP contribution in [-0.4, -0.2) is 48.4 Å². The van der Waals surface area contributed by atoms with Crippen LogP contribution in [0.4, 0.5) is 8.78 Å². The van der Waals surface area contributed by atoms with Gasteiger partial charge in [0.1, 0.15) is 17.7 Å². The molecule has 7 atom stereocenters. The van der Waals surface area contributed by atoms with E-state index in [1.54, 1.807) is 11.3 Å². The van der Waals surface area contributed by atoms with Crippen LogP contribution in [0.2, 0.25) is 0 Å². The van der Waals surface area contributed by atoms with E-state index in [4.69, 9.17) is 15.2 Å². The van der Waals surface area contributed by atoms with E-state index in [0.29, 0.717) is 30.6 Å². The van der Waals surface area contributed by atoms with Gasteiger partial charge in [-0.15, -0.1) is 11.3 Å². The molecule has 3 fully saturated rings. The number of aryl methyl sites for hydroxylation is 2. The third-order valence-electron chi connectivity index (χ3n) is 11.2. The Bertz CT molecular complexity index is 1890. The highest BCUT2D eigenvalue weighted by molar-refractivity contribution is 7.15. The number of nitrogens with zero attached hydrogens (tertiary/aromatic N) is 1. The van der Waals surface area contributed by atoms with Gasteiger partial charge in [-0.05, 0) is 109 Å². The van der Waals surface area contributed by atoms with Crippen LogP contribution in [-0.2, 0) is 16.0 Å². The number of carbonyl (C=O) groups excluding carboxylic acids is 1. The number of carbonyl (C=O) groups is 1. The summed E-state index contributed by atoms with van der Waals surface area (Å²) in [5, 5.41) is 3.69. The molecule has 0 radical (unpaired) electrons. The second-order valence-corrected chi connectivity index (χ2v) is 16.2. The van der Waals surface area contributed by atoms with Crippen molar-refractivity contribution >= 4 is 17.2 Å². The summed E-state index contributed by atoms with van der Waals surface area (Å²) in [5.41, 5.74) is 11.7. The molecular weight excluding hydrogens is 665 g/mol. The summed E-state index contributed by atoms with van der Waals surface area (Å²) in [6.45, 7) is 13.0. The summed E-state index contributed by atoms with van der Waals surface area (Å²) in [6.07, 6.45) is 1.57. The second kappa shape index (κ2) is 14.2. The molecule has 0 spiro atoms. The molecular formula is C42H49F2N3O3S. The maximum atomic E-state index is 14.4. The van der Waals surface area contributed by atoms with Crippen LogP contribution in [0.5, 0.6) is 0 Å². The first-order valence-corrected chi connectivity index (χ1v) is 19.1. The topological polar surface area (TPSA) is 80.1 Å². The zero-order chi connectivity index (χ0) is 36.1. The van der Waals surface area contributed by atoms with Crippen molar-refractivity contribution in [3.63, 3.8) is 0 Å². The lowest BCUT2D eigenvalue weighted by molar-refractivity contribution is 0.0111. The predicted octanol–water partition coefficient (Wildman–Crippen LogP) is 8.67. The van der Waals surface area contributed by atoms with Crippen LogP contribution in [0.3, 0.4) is 0 Å². The van der Waals surface area contributed by atoms with E-state index in [0.717, 1.165) is 48.7 Å². The molecule has 2 heterocycles. The lowest BCUT2D eigenvalue weighted by Gasteiger charge is -2.27. The molecule has 3 N–H and O–H groups in total. The fourth-order valence-electron chi connectivity index (χ4n) is 8.51. The minimum atomic E-state index is -0.726. The standard InChI is InChI=1S/C42H49F2N3O3S/c1-6-13-47(14-7-2)39(48)32-16-25(3)15-31(18-32)38-40(50-38)49-36-22-41(36,42(45)27(5)37(42)30-19-33(43)21-34(44)20-30)24-46-23-28-9-8-10-29(17-28)35-12-11-26(4)51-35/h8-12,15-21,27,36-38,40,46H,6-7,13-14,22-24,45H2,1-5H3. The van der Waals surface area contributed by atoms with Gasteiger partial charge in [-0.2, -0.15) is 0 Å². The largest absolute Gasteiger partial charge is 0.346 e. The van der Waals surface area contributed by atoms with Crippen molar-refractivity contribution in [1.29, 1.82) is 0 Å². The lowest BCUT2D eigenvalue weighted by Crippen LogP contribution is -2.46. The van der Waals surface area contributed by atoms with Gasteiger partial charge in [0.2, 0.25) is 0 Å². The van der Waals surface area contributed by atoms with Gasteiger partial charge in [0.15, 0.2) is 6.29 Å². The van der Waals surface area contributed by atoms with Crippen LogP contribution in [0.1, 0.15) is 89.5 Å². The second-order valence-electron chi connectivity index (χ2n) is 15.0. The van der Waals surface area contributed by atoms with Crippen molar-refractivity contribution in [3.05, 3.63) is 117 Å². The number of ether oxygens (including phenoxy) is 2. The molecule has 6 nitrogen and oxygen atoms in total. The third-order valence-corrected chi connectivity index (χ3v) is 12.2. The number of halogens is 2. The maximum absolute atomic E-state index is 14.4. The third kappa shape index (κ3) is 7.03. The quantitative estimate of drug-likeness (QED) is 0.121. The molecule has 2 aliphatic carbocycles. The van der Waals surface area contributed by atoms with Crippen LogP contribution in [0.15, 0.2) is 72.8 Å². The Kier molecular flexibility index (Phi) is 9.97. The number of rotatable bonds is 15. The van der Waals surface area contributed by atoms with Crippen molar-refractivity contribution in [2.45, 2.75) is 90.4 Å². The molecule has 51 heavy (non-hydrogen) atoms. The molecule has 270 valence electrons. The fraction of sp³-hybridized carbons (Fsp3) is 0.452. The van der Waals surface area contributed by atoms with Crippen LogP contribution >= 0.6 is 11.3 Å². The summed E-state index contributed by atoms with van der Waals surface area (Å²) in [4.78, 5) is 17.9. The summed E-state index contributed by atoms with van der Waals surface area (Å²) in [5.74, 6) is -1.37. The number of nitrogens with one attached hydrogen (secondary N) is 1. The number of nitrogens with two attached hydrogens (primary N) is 1. The molecule has 0 bridgehead atoms. The lowest BCUT2D eigenvalue weighted by atomic mass is 9.88. The molecule has 7 unspecified atom stereocenters. The Hall–Kier alpha value is -3.47. The van der Waals surface area contributed by atoms with Gasteiger partial charge < -0.3 is 25.4 Å². The summed E-state index contributed by atoms with van der Waals surface area (Å²) < 4.78 is 41.6. The van der Waals surface area contributed by atoms with E-state index in [2.05, 4.69) is 75.5 Å². The van der Waals surface area contributed by atoms with E-state index >= 15 is 0 Å². The summed E-state index contributed by atoms with van der Waals surface area (Å²) in [6, 6.07) is 22.5. The van der Waals surface area contributed by atoms with Crippen LogP contribution < -0.4 is 11.1 Å². The van der Waals surface area contributed by atoms with Crippen molar-refractivity contribution < 1.29 is 23.0 Å². The van der Waals surface area contributed by atoms with Gasteiger partial charge in [-0.25, -0.2) is 8.78 Å². The zero-order valence-corrected chi connectivity index (χ0v) is 31.0. The van der Waals surface area contributed by atoms with E-state index in [9.17, 15) is 13.6 Å². The highest BCUT2D eigenvalue weighted by Gasteiger charge is 2.79. The molecule has 4 aromatic rings. The van der Waals surface area contributed by atoms with Gasteiger partial charge in [0.25, 0.3) is 5.91 Å². The van der Waals surface area contributed by atoms with Gasteiger partial charge in [-0.3, -0.25) is 4.79 Å². The molecule has 1 aliphatic heterocycles. The molecule has 3 aliphatic rings. The van der Waals surface area contributed by atoms with E-state index in [1.807, 2.05) is 24.0 Å². The zero-order valence-electron chi connectivity index (χ0n) is 30.2. The molecule has 2 saturated carbocycles. The van der Waals surface area contributed by atoms with Crippen molar-refractivity contribution in [3.8, 4) is 10.4 Å². The molecule has 1 aromatic heterocycles. The van der Waals surface area contributed by atoms with Crippen molar-refractivity contribution in [2.24, 2.45) is 17.1 Å². The van der Waals surface area contributed by atoms with Crippen LogP contribution in [0, 0.1) is 36.8 Å². The fourth-order valence-corrected chi connectivity index (χ4v) is 9.37. The average Bonchev–Trinajstić information content (AvgIpc) is 4.04. The van der Waals surface area contributed by atoms with E-state index < -0.39 is 28.9 Å². The van der Waals surface area contributed by atoms with Gasteiger partial charge in [0, 0.05) is 64.4 Å². The van der Waals surface area contributed by atoms with Gasteiger partial charge >= 0.3 is 0 Å². The molecule has 1 saturated heterocycles. The Morgan fingerprint density at radius 1 is 1.00 bits per heavy atom. The highest BCUT2D eigenvalue weighted by Crippen LogP contribution is 2.73. The Morgan fingerprint density at radius 2 is 1.75 bits per heavy atom. The number of benzene rings is 3. The minimum Gasteiger partial charge on any atom is -0.346 e. The molecule has 7 rings (SSSR count). The normalized spacial score (nSPS) is 27.7. The first-order chi connectivity index (χ1) is 24.5. The monoisotopic (exact) mass is 713 g/mol. The van der Waals surface area contributed by atoms with Crippen molar-refractivity contribution in [1.82, 2.24) is 10.2 Å². The van der Waals surface area contributed by atoms with Crippen molar-refractivity contribution in [2.75, 3.05) is 19.6 Å². The van der Waals surface area contributed by atoms with E-state index in [1.165, 1.54) is 27.5 Å². The maximum Gasteiger partial charge on any atom is 0.253 e. The number of thiophene rings is 1. The SMILES string of the molecule is CCCN(CCC)C(=O)c1cc(C)cc(C2OC2OC2CC2(CNCc2cccc(-c3ccc(C)s3)c2)C2(N)C(C)C2c2cc(F)cc(F)c2)c1. The number of epoxide rings is 1. The molecule has 3 aromatic carbocycles. The first kappa shape index (κ1) is 35.9. The van der Waals surface area contributed by atoms with E-state index in [-0.39, 0.29) is 30.0 Å². The summed E-state index contributed by atoms with van der Waals surface area (Å²) in [7, 11) is 0. The minimum absolute atomic E-state index is 0.00468. The predicted molar refractivity (Wildman–Crippen MR) is 199 cm³/mol. The van der Waals surface area contributed by atoms with Gasteiger partial charge in [0.05, 0.1) is 6.10 Å². The van der Waals surface area contributed by atoms with Crippen LogP contribution in [0.25, 0.3) is 10.4 Å². The van der Waals surface area contributed by atoms with Gasteiger partial charge in [-0.1, -0.05) is 45.0 Å². The average molecular weight is 714 g/mol.